The third-order valence-corrected chi connectivity index (χ3v) is 5.10. The maximum absolute atomic E-state index is 11.7. The van der Waals surface area contributed by atoms with Crippen molar-refractivity contribution < 1.29 is 17.7 Å². The summed E-state index contributed by atoms with van der Waals surface area (Å²) in [6.07, 6.45) is 2.56. The van der Waals surface area contributed by atoms with Crippen LogP contribution in [0.15, 0.2) is 17.3 Å². The molecule has 0 spiro atoms. The fourth-order valence-corrected chi connectivity index (χ4v) is 3.17. The minimum atomic E-state index is -4.01. The van der Waals surface area contributed by atoms with Crippen LogP contribution in [0.1, 0.15) is 27.7 Å². The first-order chi connectivity index (χ1) is 8.96. The van der Waals surface area contributed by atoms with Crippen LogP contribution in [-0.4, -0.2) is 31.7 Å². The van der Waals surface area contributed by atoms with Crippen molar-refractivity contribution in [2.24, 2.45) is 5.14 Å². The van der Waals surface area contributed by atoms with Gasteiger partial charge in [0, 0.05) is 17.9 Å². The highest BCUT2D eigenvalue weighted by Crippen LogP contribution is 2.37. The molecule has 0 unspecified atom stereocenters. The van der Waals surface area contributed by atoms with Crippen molar-refractivity contribution in [3.63, 3.8) is 0 Å². The summed E-state index contributed by atoms with van der Waals surface area (Å²) >= 11 is 5.90. The third-order valence-electron chi connectivity index (χ3n) is 3.67. The lowest BCUT2D eigenvalue weighted by molar-refractivity contribution is 0.00578. The normalized spacial score (nSPS) is 21.2. The Morgan fingerprint density at radius 2 is 1.70 bits per heavy atom. The number of hydrogen-bond donors (Lipinski definition) is 1. The van der Waals surface area contributed by atoms with Crippen LogP contribution >= 0.6 is 11.6 Å². The van der Waals surface area contributed by atoms with Crippen LogP contribution in [-0.2, 0) is 19.3 Å². The molecule has 0 saturated carbocycles. The Morgan fingerprint density at radius 3 is 2.15 bits per heavy atom. The Hall–Kier alpha value is -0.665. The quantitative estimate of drug-likeness (QED) is 0.810. The van der Waals surface area contributed by atoms with Gasteiger partial charge in [0.05, 0.1) is 16.2 Å². The van der Waals surface area contributed by atoms with Crippen LogP contribution in [0, 0.1) is 0 Å². The van der Waals surface area contributed by atoms with Crippen molar-refractivity contribution >= 4 is 34.2 Å². The monoisotopic (exact) mass is 318 g/mol. The number of nitrogens with two attached hydrogens (primary N) is 1. The van der Waals surface area contributed by atoms with Gasteiger partial charge in [-0.15, -0.1) is 0 Å². The van der Waals surface area contributed by atoms with E-state index < -0.39 is 28.3 Å². The first-order valence-electron chi connectivity index (χ1n) is 5.97. The van der Waals surface area contributed by atoms with E-state index in [9.17, 15) is 8.42 Å². The predicted molar refractivity (Wildman–Crippen MR) is 76.3 cm³/mol. The molecule has 2 rings (SSSR count). The first kappa shape index (κ1) is 15.7. The standard InChI is InChI=1S/C11H16BClN2O4S/c1-10(2)11(3,4)19-12(18-10)7-5-15-6-8(13)9(7)20(14,16)17/h5-6H,1-4H3,(H2,14,16,17). The molecule has 1 aromatic rings. The highest BCUT2D eigenvalue weighted by atomic mass is 35.5. The van der Waals surface area contributed by atoms with Crippen molar-refractivity contribution in [1.29, 1.82) is 0 Å². The number of nitrogens with zero attached hydrogens (tertiary/aromatic N) is 1. The van der Waals surface area contributed by atoms with Gasteiger partial charge in [0.2, 0.25) is 10.0 Å². The molecule has 0 aliphatic carbocycles. The maximum Gasteiger partial charge on any atom is 0.497 e. The Morgan fingerprint density at radius 1 is 1.20 bits per heavy atom. The van der Waals surface area contributed by atoms with Gasteiger partial charge < -0.3 is 9.31 Å². The van der Waals surface area contributed by atoms with E-state index in [0.717, 1.165) is 0 Å². The molecule has 9 heteroatoms. The van der Waals surface area contributed by atoms with E-state index in [1.54, 1.807) is 0 Å². The van der Waals surface area contributed by atoms with E-state index in [1.807, 2.05) is 27.7 Å². The van der Waals surface area contributed by atoms with Gasteiger partial charge in [-0.3, -0.25) is 4.98 Å². The summed E-state index contributed by atoms with van der Waals surface area (Å²) < 4.78 is 35.0. The summed E-state index contributed by atoms with van der Waals surface area (Å²) in [4.78, 5) is 3.67. The lowest BCUT2D eigenvalue weighted by atomic mass is 9.80. The van der Waals surface area contributed by atoms with E-state index in [4.69, 9.17) is 26.0 Å². The van der Waals surface area contributed by atoms with Gasteiger partial charge in [0.15, 0.2) is 0 Å². The first-order valence-corrected chi connectivity index (χ1v) is 7.90. The largest absolute Gasteiger partial charge is 0.497 e. The Kier molecular flexibility index (Phi) is 3.67. The lowest BCUT2D eigenvalue weighted by Gasteiger charge is -2.32. The number of rotatable bonds is 2. The van der Waals surface area contributed by atoms with Gasteiger partial charge >= 0.3 is 7.12 Å². The van der Waals surface area contributed by atoms with Crippen molar-refractivity contribution in [2.75, 3.05) is 0 Å². The molecular formula is C11H16BClN2O4S. The second-order valence-electron chi connectivity index (χ2n) is 5.67. The molecule has 0 amide bonds. The van der Waals surface area contributed by atoms with Crippen LogP contribution < -0.4 is 10.6 Å². The molecule has 6 nitrogen and oxygen atoms in total. The minimum absolute atomic E-state index is 0.0558. The van der Waals surface area contributed by atoms with Gasteiger partial charge in [-0.25, -0.2) is 13.6 Å². The third kappa shape index (κ3) is 2.58. The average molecular weight is 319 g/mol. The van der Waals surface area contributed by atoms with Crippen LogP contribution in [0.4, 0.5) is 0 Å². The molecule has 1 aromatic heterocycles. The van der Waals surface area contributed by atoms with Gasteiger partial charge in [0.1, 0.15) is 4.90 Å². The average Bonchev–Trinajstić information content (AvgIpc) is 2.46. The minimum Gasteiger partial charge on any atom is -0.399 e. The summed E-state index contributed by atoms with van der Waals surface area (Å²) in [5, 5.41) is 5.15. The van der Waals surface area contributed by atoms with Crippen LogP contribution in [0.2, 0.25) is 5.02 Å². The maximum atomic E-state index is 11.7. The number of primary sulfonamides is 1. The van der Waals surface area contributed by atoms with Gasteiger partial charge in [-0.05, 0) is 27.7 Å². The zero-order valence-electron chi connectivity index (χ0n) is 11.7. The van der Waals surface area contributed by atoms with Crippen LogP contribution in [0.5, 0.6) is 0 Å². The lowest BCUT2D eigenvalue weighted by Crippen LogP contribution is -2.41. The molecule has 0 radical (unpaired) electrons. The second kappa shape index (κ2) is 4.67. The van der Waals surface area contributed by atoms with E-state index >= 15 is 0 Å². The van der Waals surface area contributed by atoms with Crippen LogP contribution in [0.25, 0.3) is 0 Å². The highest BCUT2D eigenvalue weighted by molar-refractivity contribution is 7.89. The SMILES string of the molecule is CC1(C)OB(c2cncc(Cl)c2S(N)(=O)=O)OC1(C)C. The van der Waals surface area contributed by atoms with Crippen molar-refractivity contribution in [2.45, 2.75) is 43.8 Å². The van der Waals surface area contributed by atoms with E-state index in [1.165, 1.54) is 12.4 Å². The summed E-state index contributed by atoms with van der Waals surface area (Å²) in [5.41, 5.74) is -0.996. The number of sulfonamides is 1. The van der Waals surface area contributed by atoms with E-state index in [-0.39, 0.29) is 15.4 Å². The van der Waals surface area contributed by atoms with Crippen molar-refractivity contribution in [1.82, 2.24) is 4.98 Å². The topological polar surface area (TPSA) is 91.5 Å². The van der Waals surface area contributed by atoms with Crippen LogP contribution in [0.3, 0.4) is 0 Å². The predicted octanol–water partition coefficient (Wildman–Crippen LogP) is 0.682. The fraction of sp³-hybridized carbons (Fsp3) is 0.545. The van der Waals surface area contributed by atoms with E-state index in [0.29, 0.717) is 0 Å². The van der Waals surface area contributed by atoms with Gasteiger partial charge in [0.25, 0.3) is 0 Å². The van der Waals surface area contributed by atoms with E-state index in [2.05, 4.69) is 4.98 Å². The zero-order chi connectivity index (χ0) is 15.3. The molecule has 0 bridgehead atoms. The number of aromatic nitrogens is 1. The molecule has 110 valence electrons. The van der Waals surface area contributed by atoms with Crippen molar-refractivity contribution in [3.8, 4) is 0 Å². The van der Waals surface area contributed by atoms with Gasteiger partial charge in [-0.2, -0.15) is 0 Å². The summed E-state index contributed by atoms with van der Waals surface area (Å²) in [6.45, 7) is 7.45. The molecule has 1 aliphatic rings. The molecule has 1 fully saturated rings. The molecule has 2 N–H and O–H groups in total. The molecule has 1 saturated heterocycles. The fourth-order valence-electron chi connectivity index (χ4n) is 1.88. The molecule has 0 aromatic carbocycles. The molecule has 0 atom stereocenters. The smallest absolute Gasteiger partial charge is 0.399 e. The zero-order valence-corrected chi connectivity index (χ0v) is 13.2. The highest BCUT2D eigenvalue weighted by Gasteiger charge is 2.53. The van der Waals surface area contributed by atoms with Crippen molar-refractivity contribution in [3.05, 3.63) is 17.4 Å². The molecular weight excluding hydrogens is 302 g/mol. The Labute approximate surface area is 123 Å². The summed E-state index contributed by atoms with van der Waals surface area (Å²) in [5.74, 6) is 0. The van der Waals surface area contributed by atoms with Gasteiger partial charge in [-0.1, -0.05) is 11.6 Å². The number of halogens is 1. The molecule has 20 heavy (non-hydrogen) atoms. The summed E-state index contributed by atoms with van der Waals surface area (Å²) in [7, 11) is -4.90. The molecule has 2 heterocycles. The Bertz CT molecular complexity index is 632. The Balaban J connectivity index is 2.55. The molecule has 1 aliphatic heterocycles. The number of hydrogen-bond acceptors (Lipinski definition) is 5. The summed E-state index contributed by atoms with van der Waals surface area (Å²) in [6, 6.07) is 0. The second-order valence-corrected chi connectivity index (χ2v) is 7.58. The number of pyridine rings is 1.